The van der Waals surface area contributed by atoms with Gasteiger partial charge in [-0.25, -0.2) is 0 Å². The summed E-state index contributed by atoms with van der Waals surface area (Å²) in [5.74, 6) is 0.719. The molecule has 0 aliphatic heterocycles. The first-order valence-electron chi connectivity index (χ1n) is 7.55. The largest absolute Gasteiger partial charge is 0.461 e. The molecule has 0 N–H and O–H groups in total. The molecule has 4 nitrogen and oxygen atoms in total. The zero-order valence-corrected chi connectivity index (χ0v) is 13.8. The summed E-state index contributed by atoms with van der Waals surface area (Å²) in [6, 6.07) is 15.6. The van der Waals surface area contributed by atoms with Crippen LogP contribution in [0.2, 0.25) is 0 Å². The van der Waals surface area contributed by atoms with E-state index in [-0.39, 0.29) is 6.10 Å². The Hall–Kier alpha value is -3.08. The second-order valence-electron chi connectivity index (χ2n) is 5.72. The Balaban J connectivity index is 2.24. The molecule has 4 heteroatoms. The monoisotopic (exact) mass is 316 g/mol. The van der Waals surface area contributed by atoms with E-state index < -0.39 is 0 Å². The molecular weight excluding hydrogens is 300 g/mol. The third-order valence-electron chi connectivity index (χ3n) is 4.17. The van der Waals surface area contributed by atoms with E-state index in [0.29, 0.717) is 16.7 Å². The van der Waals surface area contributed by atoms with E-state index in [0.717, 1.165) is 22.3 Å². The number of nitriles is 2. The summed E-state index contributed by atoms with van der Waals surface area (Å²) < 4.78 is 11.6. The fourth-order valence-electron chi connectivity index (χ4n) is 2.96. The molecule has 0 aliphatic carbocycles. The van der Waals surface area contributed by atoms with Crippen LogP contribution in [0.3, 0.4) is 0 Å². The highest BCUT2D eigenvalue weighted by Crippen LogP contribution is 2.37. The quantitative estimate of drug-likeness (QED) is 0.712. The molecule has 0 amide bonds. The van der Waals surface area contributed by atoms with Gasteiger partial charge < -0.3 is 9.15 Å². The maximum Gasteiger partial charge on any atom is 0.136 e. The molecule has 0 unspecified atom stereocenters. The summed E-state index contributed by atoms with van der Waals surface area (Å²) in [5.41, 5.74) is 4.31. The van der Waals surface area contributed by atoms with Gasteiger partial charge in [-0.15, -0.1) is 0 Å². The number of fused-ring (bicyclic) bond motifs is 1. The Kier molecular flexibility index (Phi) is 4.08. The number of hydrogen-bond donors (Lipinski definition) is 0. The van der Waals surface area contributed by atoms with E-state index >= 15 is 0 Å². The third-order valence-corrected chi connectivity index (χ3v) is 4.17. The van der Waals surface area contributed by atoms with Crippen molar-refractivity contribution in [3.8, 4) is 12.1 Å². The predicted octanol–water partition coefficient (Wildman–Crippen LogP) is 4.53. The highest BCUT2D eigenvalue weighted by atomic mass is 16.5. The number of benzene rings is 2. The van der Waals surface area contributed by atoms with Gasteiger partial charge in [0.15, 0.2) is 0 Å². The number of methoxy groups -OCH3 is 1. The van der Waals surface area contributed by atoms with Gasteiger partial charge in [-0.05, 0) is 25.5 Å². The Morgan fingerprint density at radius 3 is 2.21 bits per heavy atom. The fraction of sp³-hybridized carbons (Fsp3) is 0.200. The summed E-state index contributed by atoms with van der Waals surface area (Å²) in [7, 11) is 1.65. The molecule has 1 atom stereocenters. The van der Waals surface area contributed by atoms with Crippen molar-refractivity contribution in [2.45, 2.75) is 20.0 Å². The molecule has 2 aromatic carbocycles. The number of rotatable bonds is 3. The maximum atomic E-state index is 9.29. The second-order valence-corrected chi connectivity index (χ2v) is 5.72. The van der Waals surface area contributed by atoms with E-state index in [2.05, 4.69) is 6.07 Å². The molecule has 3 aromatic rings. The summed E-state index contributed by atoms with van der Waals surface area (Å²) >= 11 is 0. The van der Waals surface area contributed by atoms with Gasteiger partial charge in [-0.3, -0.25) is 0 Å². The first-order valence-corrected chi connectivity index (χ1v) is 7.55. The van der Waals surface area contributed by atoms with Gasteiger partial charge in [0.1, 0.15) is 29.6 Å². The van der Waals surface area contributed by atoms with Crippen LogP contribution in [0.25, 0.3) is 11.0 Å². The van der Waals surface area contributed by atoms with Crippen LogP contribution in [0, 0.1) is 36.5 Å². The zero-order chi connectivity index (χ0) is 17.3. The first-order chi connectivity index (χ1) is 11.6. The van der Waals surface area contributed by atoms with Crippen molar-refractivity contribution in [2.24, 2.45) is 0 Å². The van der Waals surface area contributed by atoms with Crippen molar-refractivity contribution in [2.75, 3.05) is 7.11 Å². The smallest absolute Gasteiger partial charge is 0.136 e. The van der Waals surface area contributed by atoms with Crippen LogP contribution in [-0.2, 0) is 4.74 Å². The van der Waals surface area contributed by atoms with Crippen LogP contribution in [0.4, 0.5) is 0 Å². The maximum absolute atomic E-state index is 9.29. The Morgan fingerprint density at radius 2 is 1.62 bits per heavy atom. The third kappa shape index (κ3) is 2.54. The zero-order valence-electron chi connectivity index (χ0n) is 13.8. The van der Waals surface area contributed by atoms with Crippen molar-refractivity contribution < 1.29 is 9.15 Å². The van der Waals surface area contributed by atoms with Crippen molar-refractivity contribution in [3.63, 3.8) is 0 Å². The molecule has 0 saturated carbocycles. The van der Waals surface area contributed by atoms with Crippen LogP contribution in [0.15, 0.2) is 40.8 Å². The van der Waals surface area contributed by atoms with Crippen molar-refractivity contribution in [1.82, 2.24) is 0 Å². The summed E-state index contributed by atoms with van der Waals surface area (Å²) in [4.78, 5) is 0. The number of ether oxygens (including phenoxy) is 1. The molecule has 0 bridgehead atoms. The molecule has 0 spiro atoms. The van der Waals surface area contributed by atoms with Crippen molar-refractivity contribution >= 4 is 11.0 Å². The second kappa shape index (κ2) is 6.20. The lowest BCUT2D eigenvalue weighted by Gasteiger charge is -2.16. The van der Waals surface area contributed by atoms with E-state index in [1.165, 1.54) is 5.56 Å². The van der Waals surface area contributed by atoms with E-state index in [4.69, 9.17) is 9.15 Å². The SMILES string of the molecule is CO[C@H](c1ccc(C)cc1)c1c(C)oc2cc(C#N)c(C#N)cc12. The molecule has 3 rings (SSSR count). The fourth-order valence-corrected chi connectivity index (χ4v) is 2.96. The highest BCUT2D eigenvalue weighted by molar-refractivity contribution is 5.86. The molecular formula is C20H16N2O2. The predicted molar refractivity (Wildman–Crippen MR) is 90.4 cm³/mol. The van der Waals surface area contributed by atoms with E-state index in [1.807, 2.05) is 44.2 Å². The first kappa shape index (κ1) is 15.8. The van der Waals surface area contributed by atoms with E-state index in [1.54, 1.807) is 19.2 Å². The highest BCUT2D eigenvalue weighted by Gasteiger charge is 2.23. The number of hydrogen-bond acceptors (Lipinski definition) is 4. The van der Waals surface area contributed by atoms with Gasteiger partial charge >= 0.3 is 0 Å². The standard InChI is InChI=1S/C20H16N2O2/c1-12-4-6-14(7-5-12)20(23-3)19-13(2)24-18-9-16(11-22)15(10-21)8-17(18)19/h4-9,20H,1-3H3/t20-/m1/s1. The minimum Gasteiger partial charge on any atom is -0.461 e. The Morgan fingerprint density at radius 1 is 1.00 bits per heavy atom. The topological polar surface area (TPSA) is 69.9 Å². The van der Waals surface area contributed by atoms with Crippen molar-refractivity contribution in [3.05, 3.63) is 70.0 Å². The van der Waals surface area contributed by atoms with Gasteiger partial charge in [-0.2, -0.15) is 10.5 Å². The van der Waals surface area contributed by atoms with Crippen molar-refractivity contribution in [1.29, 1.82) is 10.5 Å². The molecule has 1 aromatic heterocycles. The minimum absolute atomic E-state index is 0.300. The van der Waals surface area contributed by atoms with Crippen LogP contribution in [0.5, 0.6) is 0 Å². The molecule has 0 aliphatic rings. The molecule has 0 radical (unpaired) electrons. The molecule has 0 saturated heterocycles. The summed E-state index contributed by atoms with van der Waals surface area (Å²) in [5, 5.41) is 19.3. The van der Waals surface area contributed by atoms with Gasteiger partial charge in [0.2, 0.25) is 0 Å². The van der Waals surface area contributed by atoms with Crippen LogP contribution in [0.1, 0.15) is 39.7 Å². The Bertz CT molecular complexity index is 986. The molecule has 118 valence electrons. The van der Waals surface area contributed by atoms with Crippen LogP contribution < -0.4 is 0 Å². The number of aryl methyl sites for hydroxylation is 2. The lowest BCUT2D eigenvalue weighted by Crippen LogP contribution is -2.04. The lowest BCUT2D eigenvalue weighted by atomic mass is 9.96. The average Bonchev–Trinajstić information content (AvgIpc) is 2.91. The van der Waals surface area contributed by atoms with Gasteiger partial charge in [0, 0.05) is 24.1 Å². The average molecular weight is 316 g/mol. The molecule has 0 fully saturated rings. The number of nitrogens with zero attached hydrogens (tertiary/aromatic N) is 2. The molecule has 1 heterocycles. The van der Waals surface area contributed by atoms with Crippen LogP contribution >= 0.6 is 0 Å². The van der Waals surface area contributed by atoms with Crippen LogP contribution in [-0.4, -0.2) is 7.11 Å². The van der Waals surface area contributed by atoms with Gasteiger partial charge in [-0.1, -0.05) is 29.8 Å². The minimum atomic E-state index is -0.300. The van der Waals surface area contributed by atoms with E-state index in [9.17, 15) is 10.5 Å². The number of furan rings is 1. The van der Waals surface area contributed by atoms with Gasteiger partial charge in [0.25, 0.3) is 0 Å². The van der Waals surface area contributed by atoms with Gasteiger partial charge in [0.05, 0.1) is 11.1 Å². The summed E-state index contributed by atoms with van der Waals surface area (Å²) in [6.07, 6.45) is -0.300. The summed E-state index contributed by atoms with van der Waals surface area (Å²) in [6.45, 7) is 3.90. The lowest BCUT2D eigenvalue weighted by molar-refractivity contribution is 0.136. The normalized spacial score (nSPS) is 11.9. The Labute approximate surface area is 140 Å². The molecule has 24 heavy (non-hydrogen) atoms.